The minimum absolute atomic E-state index is 0.208. The van der Waals surface area contributed by atoms with E-state index in [-0.39, 0.29) is 5.75 Å². The summed E-state index contributed by atoms with van der Waals surface area (Å²) in [5, 5.41) is 2.49. The van der Waals surface area contributed by atoms with Gasteiger partial charge in [0.1, 0.15) is 17.6 Å². The molecule has 0 atom stereocenters. The number of halogens is 3. The van der Waals surface area contributed by atoms with Gasteiger partial charge < -0.3 is 9.64 Å². The summed E-state index contributed by atoms with van der Waals surface area (Å²) in [4.78, 5) is 6.03. The van der Waals surface area contributed by atoms with Crippen molar-refractivity contribution < 1.29 is 13.5 Å². The van der Waals surface area contributed by atoms with E-state index in [0.717, 1.165) is 16.3 Å². The maximum atomic E-state index is 12.7. The Labute approximate surface area is 137 Å². The summed E-state index contributed by atoms with van der Waals surface area (Å²) >= 11 is 6.14. The maximum Gasteiger partial charge on any atom is 0.387 e. The number of ether oxygens (including phenoxy) is 1. The molecule has 0 fully saturated rings. The number of aliphatic imine (C=N–C) groups is 1. The van der Waals surface area contributed by atoms with Gasteiger partial charge in [-0.2, -0.15) is 8.78 Å². The molecule has 3 rings (SSSR count). The molecule has 2 aromatic carbocycles. The number of hydrogen-bond donors (Lipinski definition) is 0. The summed E-state index contributed by atoms with van der Waals surface area (Å²) in [5.74, 6) is 0.208. The fourth-order valence-corrected chi connectivity index (χ4v) is 2.83. The van der Waals surface area contributed by atoms with Crippen LogP contribution in [-0.2, 0) is 6.42 Å². The summed E-state index contributed by atoms with van der Waals surface area (Å²) in [6.07, 6.45) is 3.90. The predicted octanol–water partition coefficient (Wildman–Crippen LogP) is 4.41. The highest BCUT2D eigenvalue weighted by atomic mass is 35.5. The number of nitrogens with zero attached hydrogens (tertiary/aromatic N) is 2. The molecule has 0 spiro atoms. The van der Waals surface area contributed by atoms with Gasteiger partial charge in [-0.05, 0) is 29.3 Å². The number of hydrogen-bond acceptors (Lipinski definition) is 3. The Morgan fingerprint density at radius 2 is 2.04 bits per heavy atom. The summed E-state index contributed by atoms with van der Waals surface area (Å²) in [7, 11) is 0. The second-order valence-corrected chi connectivity index (χ2v) is 5.51. The SMILES string of the molecule is FC(F)Oc1ccc2ccccc2c1CCN1CN=CC=C1Cl. The molecule has 0 aromatic heterocycles. The smallest absolute Gasteiger partial charge is 0.387 e. The zero-order chi connectivity index (χ0) is 16.2. The number of rotatable bonds is 5. The van der Waals surface area contributed by atoms with Crippen LogP contribution in [0.15, 0.2) is 52.6 Å². The van der Waals surface area contributed by atoms with Gasteiger partial charge in [0.25, 0.3) is 0 Å². The third kappa shape index (κ3) is 3.62. The van der Waals surface area contributed by atoms with Crippen LogP contribution in [0.1, 0.15) is 5.56 Å². The van der Waals surface area contributed by atoms with E-state index < -0.39 is 6.61 Å². The van der Waals surface area contributed by atoms with E-state index >= 15 is 0 Å². The lowest BCUT2D eigenvalue weighted by molar-refractivity contribution is -0.0503. The molecular formula is C17H15ClF2N2O. The molecule has 1 aliphatic heterocycles. The predicted molar refractivity (Wildman–Crippen MR) is 88.3 cm³/mol. The van der Waals surface area contributed by atoms with Crippen LogP contribution in [0, 0.1) is 0 Å². The molecule has 2 aromatic rings. The van der Waals surface area contributed by atoms with E-state index in [1.54, 1.807) is 24.4 Å². The van der Waals surface area contributed by atoms with Crippen LogP contribution >= 0.6 is 11.6 Å². The maximum absolute atomic E-state index is 12.7. The lowest BCUT2D eigenvalue weighted by Gasteiger charge is -2.24. The van der Waals surface area contributed by atoms with Crippen molar-refractivity contribution >= 4 is 28.6 Å². The lowest BCUT2D eigenvalue weighted by Crippen LogP contribution is -2.26. The molecule has 23 heavy (non-hydrogen) atoms. The average Bonchev–Trinajstić information content (AvgIpc) is 2.54. The van der Waals surface area contributed by atoms with Crippen LogP contribution in [0.4, 0.5) is 8.78 Å². The molecule has 0 radical (unpaired) electrons. The van der Waals surface area contributed by atoms with Crippen molar-refractivity contribution in [3.8, 4) is 5.75 Å². The largest absolute Gasteiger partial charge is 0.435 e. The average molecular weight is 337 g/mol. The van der Waals surface area contributed by atoms with E-state index in [1.807, 2.05) is 29.2 Å². The highest BCUT2D eigenvalue weighted by molar-refractivity contribution is 6.30. The third-order valence-corrected chi connectivity index (χ3v) is 4.08. The van der Waals surface area contributed by atoms with Gasteiger partial charge in [0.05, 0.1) is 0 Å². The van der Waals surface area contributed by atoms with Crippen molar-refractivity contribution in [3.63, 3.8) is 0 Å². The quantitative estimate of drug-likeness (QED) is 0.756. The minimum Gasteiger partial charge on any atom is -0.435 e. The lowest BCUT2D eigenvalue weighted by atomic mass is 10.0. The van der Waals surface area contributed by atoms with Gasteiger partial charge in [-0.15, -0.1) is 0 Å². The molecule has 0 bridgehead atoms. The Hall–Kier alpha value is -2.14. The van der Waals surface area contributed by atoms with Crippen molar-refractivity contribution in [1.82, 2.24) is 4.90 Å². The summed E-state index contributed by atoms with van der Waals surface area (Å²) in [5.41, 5.74) is 0.752. The number of allylic oxidation sites excluding steroid dienone is 1. The fraction of sp³-hybridized carbons (Fsp3) is 0.235. The van der Waals surface area contributed by atoms with Crippen molar-refractivity contribution in [2.45, 2.75) is 13.0 Å². The van der Waals surface area contributed by atoms with Crippen molar-refractivity contribution in [3.05, 3.63) is 53.2 Å². The monoisotopic (exact) mass is 336 g/mol. The molecule has 120 valence electrons. The summed E-state index contributed by atoms with van der Waals surface area (Å²) in [6, 6.07) is 11.0. The second-order valence-electron chi connectivity index (χ2n) is 5.12. The first kappa shape index (κ1) is 15.7. The zero-order valence-corrected chi connectivity index (χ0v) is 13.0. The van der Waals surface area contributed by atoms with Crippen molar-refractivity contribution in [2.24, 2.45) is 4.99 Å². The van der Waals surface area contributed by atoms with Crippen LogP contribution in [0.25, 0.3) is 10.8 Å². The van der Waals surface area contributed by atoms with Gasteiger partial charge in [-0.25, -0.2) is 0 Å². The molecule has 0 amide bonds. The van der Waals surface area contributed by atoms with Crippen LogP contribution in [0.5, 0.6) is 5.75 Å². The highest BCUT2D eigenvalue weighted by Crippen LogP contribution is 2.30. The molecule has 0 saturated carbocycles. The van der Waals surface area contributed by atoms with Gasteiger partial charge in [-0.3, -0.25) is 4.99 Å². The first-order valence-electron chi connectivity index (χ1n) is 7.21. The third-order valence-electron chi connectivity index (χ3n) is 3.72. The van der Waals surface area contributed by atoms with Crippen LogP contribution < -0.4 is 4.74 Å². The van der Waals surface area contributed by atoms with E-state index in [9.17, 15) is 8.78 Å². The topological polar surface area (TPSA) is 24.8 Å². The van der Waals surface area contributed by atoms with Gasteiger partial charge in [-0.1, -0.05) is 41.9 Å². The van der Waals surface area contributed by atoms with E-state index in [2.05, 4.69) is 4.99 Å². The van der Waals surface area contributed by atoms with Crippen LogP contribution in [0.2, 0.25) is 0 Å². The summed E-state index contributed by atoms with van der Waals surface area (Å²) in [6.45, 7) is -1.82. The minimum atomic E-state index is -2.85. The van der Waals surface area contributed by atoms with E-state index in [1.165, 1.54) is 0 Å². The Morgan fingerprint density at radius 1 is 1.22 bits per heavy atom. The van der Waals surface area contributed by atoms with Crippen LogP contribution in [0.3, 0.4) is 0 Å². The molecule has 0 unspecified atom stereocenters. The molecule has 3 nitrogen and oxygen atoms in total. The van der Waals surface area contributed by atoms with E-state index in [0.29, 0.717) is 24.8 Å². The Balaban J connectivity index is 1.90. The van der Waals surface area contributed by atoms with Gasteiger partial charge in [0.2, 0.25) is 0 Å². The van der Waals surface area contributed by atoms with Gasteiger partial charge in [0.15, 0.2) is 0 Å². The molecule has 1 heterocycles. The van der Waals surface area contributed by atoms with Crippen LogP contribution in [-0.4, -0.2) is 30.9 Å². The van der Waals surface area contributed by atoms with E-state index in [4.69, 9.17) is 16.3 Å². The fourth-order valence-electron chi connectivity index (χ4n) is 2.64. The molecular weight excluding hydrogens is 322 g/mol. The Bertz CT molecular complexity index is 761. The molecule has 6 heteroatoms. The standard InChI is InChI=1S/C17H15ClF2N2O/c18-16-7-9-21-11-22(16)10-8-14-13-4-2-1-3-12(13)5-6-15(14)23-17(19)20/h1-7,9,17H,8,10-11H2. The van der Waals surface area contributed by atoms with Crippen molar-refractivity contribution in [1.29, 1.82) is 0 Å². The van der Waals surface area contributed by atoms with Gasteiger partial charge in [0, 0.05) is 18.3 Å². The first-order valence-corrected chi connectivity index (χ1v) is 7.59. The number of fused-ring (bicyclic) bond motifs is 1. The molecule has 0 saturated heterocycles. The van der Waals surface area contributed by atoms with Gasteiger partial charge >= 0.3 is 6.61 Å². The normalized spacial score (nSPS) is 14.4. The van der Waals surface area contributed by atoms with Crippen molar-refractivity contribution in [2.75, 3.05) is 13.2 Å². The highest BCUT2D eigenvalue weighted by Gasteiger charge is 2.15. The molecule has 1 aliphatic rings. The zero-order valence-electron chi connectivity index (χ0n) is 12.3. The Kier molecular flexibility index (Phi) is 4.76. The molecule has 0 N–H and O–H groups in total. The first-order chi connectivity index (χ1) is 11.1. The second kappa shape index (κ2) is 6.96. The molecule has 0 aliphatic carbocycles. The number of benzene rings is 2. The number of alkyl halides is 2. The summed E-state index contributed by atoms with van der Waals surface area (Å²) < 4.78 is 30.0. The Morgan fingerprint density at radius 3 is 2.83 bits per heavy atom.